The molecule has 0 radical (unpaired) electrons. The fourth-order valence-corrected chi connectivity index (χ4v) is 5.15. The lowest BCUT2D eigenvalue weighted by molar-refractivity contribution is -0.123. The molecule has 1 fully saturated rings. The summed E-state index contributed by atoms with van der Waals surface area (Å²) < 4.78 is 14.0. The van der Waals surface area contributed by atoms with Gasteiger partial charge in [0, 0.05) is 28.4 Å². The standard InChI is InChI=1S/C34H31N3O3/c1-4-36-30-9-7-6-8-28(30)29-20-25(14-19-31(29)36)21-32-33(38)37(22-24-12-17-27(18-13-24)39-5-2)34(40-32)35-26-15-10-23(3)11-16-26/h6-21H,4-5,22H2,1-3H3/b32-21+,35-34-. The minimum atomic E-state index is -0.226. The average Bonchev–Trinajstić information content (AvgIpc) is 3.44. The van der Waals surface area contributed by atoms with E-state index in [1.54, 1.807) is 4.90 Å². The van der Waals surface area contributed by atoms with Crippen molar-refractivity contribution in [3.8, 4) is 5.75 Å². The Hall–Kier alpha value is -4.84. The van der Waals surface area contributed by atoms with Crippen molar-refractivity contribution < 1.29 is 14.3 Å². The lowest BCUT2D eigenvalue weighted by atomic mass is 10.1. The van der Waals surface area contributed by atoms with Crippen LogP contribution in [0.25, 0.3) is 27.9 Å². The smallest absolute Gasteiger partial charge is 0.305 e. The number of aryl methyl sites for hydroxylation is 2. The molecular formula is C34H31N3O3. The molecule has 4 aromatic carbocycles. The Morgan fingerprint density at radius 2 is 1.62 bits per heavy atom. The van der Waals surface area contributed by atoms with Crippen molar-refractivity contribution in [1.82, 2.24) is 9.47 Å². The number of hydrogen-bond donors (Lipinski definition) is 0. The van der Waals surface area contributed by atoms with E-state index in [4.69, 9.17) is 14.5 Å². The summed E-state index contributed by atoms with van der Waals surface area (Å²) in [5.74, 6) is 0.815. The van der Waals surface area contributed by atoms with Crippen LogP contribution in [0, 0.1) is 6.92 Å². The first kappa shape index (κ1) is 25.4. The summed E-state index contributed by atoms with van der Waals surface area (Å²) in [6.45, 7) is 7.95. The molecule has 1 aliphatic heterocycles. The molecule has 0 spiro atoms. The van der Waals surface area contributed by atoms with Crippen LogP contribution >= 0.6 is 0 Å². The second kappa shape index (κ2) is 10.7. The molecule has 1 aromatic heterocycles. The Balaban J connectivity index is 1.37. The lowest BCUT2D eigenvalue weighted by Gasteiger charge is -2.14. The maximum Gasteiger partial charge on any atom is 0.305 e. The average molecular weight is 530 g/mol. The predicted octanol–water partition coefficient (Wildman–Crippen LogP) is 7.61. The highest BCUT2D eigenvalue weighted by Gasteiger charge is 2.35. The van der Waals surface area contributed by atoms with E-state index in [1.807, 2.05) is 74.5 Å². The van der Waals surface area contributed by atoms with Crippen LogP contribution in [-0.4, -0.2) is 28.0 Å². The first-order valence-electron chi connectivity index (χ1n) is 13.6. The molecule has 1 amide bonds. The SMILES string of the molecule is CCOc1ccc(CN2C(=O)/C(=C\c3ccc4c(c3)c3ccccc3n4CC)O/C2=N\c2ccc(C)cc2)cc1. The van der Waals surface area contributed by atoms with Crippen molar-refractivity contribution in [3.63, 3.8) is 0 Å². The zero-order valence-electron chi connectivity index (χ0n) is 22.9. The Labute approximate surface area is 233 Å². The summed E-state index contributed by atoms with van der Waals surface area (Å²) in [5.41, 5.74) is 6.08. The molecule has 1 aliphatic rings. The molecule has 6 rings (SSSR count). The highest BCUT2D eigenvalue weighted by atomic mass is 16.5. The molecular weight excluding hydrogens is 498 g/mol. The second-order valence-corrected chi connectivity index (χ2v) is 9.85. The number of aromatic nitrogens is 1. The van der Waals surface area contributed by atoms with Crippen LogP contribution in [0.2, 0.25) is 0 Å². The molecule has 0 N–H and O–H groups in total. The summed E-state index contributed by atoms with van der Waals surface area (Å²) >= 11 is 0. The van der Waals surface area contributed by atoms with Crippen LogP contribution in [0.4, 0.5) is 5.69 Å². The van der Waals surface area contributed by atoms with Gasteiger partial charge in [-0.1, -0.05) is 54.1 Å². The van der Waals surface area contributed by atoms with Crippen molar-refractivity contribution in [2.24, 2.45) is 4.99 Å². The third kappa shape index (κ3) is 4.84. The van der Waals surface area contributed by atoms with Gasteiger partial charge in [0.05, 0.1) is 18.8 Å². The number of benzene rings is 4. The van der Waals surface area contributed by atoms with Crippen LogP contribution in [0.1, 0.15) is 30.5 Å². The quantitative estimate of drug-likeness (QED) is 0.204. The van der Waals surface area contributed by atoms with Crippen molar-refractivity contribution >= 4 is 45.5 Å². The number of aliphatic imine (C=N–C) groups is 1. The molecule has 40 heavy (non-hydrogen) atoms. The van der Waals surface area contributed by atoms with Gasteiger partial charge in [-0.2, -0.15) is 4.99 Å². The lowest BCUT2D eigenvalue weighted by Crippen LogP contribution is -2.29. The number of para-hydroxylation sites is 1. The minimum absolute atomic E-state index is 0.226. The van der Waals surface area contributed by atoms with Gasteiger partial charge < -0.3 is 14.0 Å². The Kier molecular flexibility index (Phi) is 6.83. The number of amides is 1. The Morgan fingerprint density at radius 3 is 2.38 bits per heavy atom. The maximum absolute atomic E-state index is 13.7. The Bertz CT molecular complexity index is 1760. The largest absolute Gasteiger partial charge is 0.494 e. The number of rotatable bonds is 7. The van der Waals surface area contributed by atoms with E-state index >= 15 is 0 Å². The molecule has 2 heterocycles. The number of carbonyl (C=O) groups is 1. The summed E-state index contributed by atoms with van der Waals surface area (Å²) in [4.78, 5) is 20.0. The van der Waals surface area contributed by atoms with Crippen molar-refractivity contribution in [3.05, 3.63) is 113 Å². The van der Waals surface area contributed by atoms with Crippen LogP contribution in [0.5, 0.6) is 5.75 Å². The molecule has 6 nitrogen and oxygen atoms in total. The molecule has 5 aromatic rings. The van der Waals surface area contributed by atoms with Gasteiger partial charge in [-0.05, 0) is 80.4 Å². The topological polar surface area (TPSA) is 56.1 Å². The van der Waals surface area contributed by atoms with Crippen LogP contribution in [0.15, 0.2) is 102 Å². The number of nitrogens with zero attached hydrogens (tertiary/aromatic N) is 3. The number of ether oxygens (including phenoxy) is 2. The normalized spacial score (nSPS) is 15.5. The number of fused-ring (bicyclic) bond motifs is 3. The van der Waals surface area contributed by atoms with Gasteiger partial charge in [-0.25, -0.2) is 0 Å². The molecule has 0 atom stereocenters. The van der Waals surface area contributed by atoms with Gasteiger partial charge in [0.15, 0.2) is 5.76 Å². The predicted molar refractivity (Wildman–Crippen MR) is 161 cm³/mol. The van der Waals surface area contributed by atoms with E-state index in [0.29, 0.717) is 13.2 Å². The van der Waals surface area contributed by atoms with E-state index < -0.39 is 0 Å². The van der Waals surface area contributed by atoms with Crippen LogP contribution in [-0.2, 0) is 22.6 Å². The van der Waals surface area contributed by atoms with Gasteiger partial charge in [-0.15, -0.1) is 0 Å². The van der Waals surface area contributed by atoms with Crippen LogP contribution < -0.4 is 4.74 Å². The summed E-state index contributed by atoms with van der Waals surface area (Å²) in [7, 11) is 0. The summed E-state index contributed by atoms with van der Waals surface area (Å²) in [5, 5.41) is 2.34. The maximum atomic E-state index is 13.7. The monoisotopic (exact) mass is 529 g/mol. The fraction of sp³-hybridized carbons (Fsp3) is 0.176. The highest BCUT2D eigenvalue weighted by molar-refractivity contribution is 6.12. The van der Waals surface area contributed by atoms with Crippen molar-refractivity contribution in [2.45, 2.75) is 33.9 Å². The number of amidine groups is 1. The number of carbonyl (C=O) groups excluding carboxylic acids is 1. The zero-order valence-corrected chi connectivity index (χ0v) is 22.9. The molecule has 6 heteroatoms. The fourth-order valence-electron chi connectivity index (χ4n) is 5.15. The summed E-state index contributed by atoms with van der Waals surface area (Å²) in [6, 6.07) is 30.5. The first-order valence-corrected chi connectivity index (χ1v) is 13.6. The van der Waals surface area contributed by atoms with Gasteiger partial charge in [0.25, 0.3) is 5.91 Å². The highest BCUT2D eigenvalue weighted by Crippen LogP contribution is 2.31. The first-order chi connectivity index (χ1) is 19.5. The Morgan fingerprint density at radius 1 is 0.875 bits per heavy atom. The zero-order chi connectivity index (χ0) is 27.6. The molecule has 0 unspecified atom stereocenters. The third-order valence-electron chi connectivity index (χ3n) is 7.13. The van der Waals surface area contributed by atoms with Gasteiger partial charge >= 0.3 is 6.02 Å². The van der Waals surface area contributed by atoms with E-state index in [-0.39, 0.29) is 17.7 Å². The van der Waals surface area contributed by atoms with Gasteiger partial charge in [-0.3, -0.25) is 9.69 Å². The molecule has 0 bridgehead atoms. The van der Waals surface area contributed by atoms with Crippen molar-refractivity contribution in [2.75, 3.05) is 6.61 Å². The van der Waals surface area contributed by atoms with Crippen LogP contribution in [0.3, 0.4) is 0 Å². The second-order valence-electron chi connectivity index (χ2n) is 9.85. The van der Waals surface area contributed by atoms with Crippen molar-refractivity contribution in [1.29, 1.82) is 0 Å². The number of hydrogen-bond acceptors (Lipinski definition) is 4. The molecule has 0 aliphatic carbocycles. The minimum Gasteiger partial charge on any atom is -0.494 e. The summed E-state index contributed by atoms with van der Waals surface area (Å²) in [6.07, 6.45) is 1.81. The molecule has 200 valence electrons. The van der Waals surface area contributed by atoms with E-state index in [1.165, 1.54) is 16.4 Å². The van der Waals surface area contributed by atoms with E-state index in [0.717, 1.165) is 40.1 Å². The third-order valence-corrected chi connectivity index (χ3v) is 7.13. The van der Waals surface area contributed by atoms with E-state index in [9.17, 15) is 4.79 Å². The van der Waals surface area contributed by atoms with E-state index in [2.05, 4.69) is 47.9 Å². The van der Waals surface area contributed by atoms with Gasteiger partial charge in [0.2, 0.25) is 0 Å². The molecule has 0 saturated carbocycles. The molecule has 1 saturated heterocycles. The van der Waals surface area contributed by atoms with Gasteiger partial charge in [0.1, 0.15) is 5.75 Å².